The van der Waals surface area contributed by atoms with E-state index in [-0.39, 0.29) is 35.8 Å². The first-order valence-electron chi connectivity index (χ1n) is 8.17. The van der Waals surface area contributed by atoms with Crippen LogP contribution in [0.25, 0.3) is 0 Å². The fraction of sp³-hybridized carbons (Fsp3) is 0.611. The molecule has 0 amide bonds. The molecule has 1 aliphatic rings. The lowest BCUT2D eigenvalue weighted by Gasteiger charge is -2.35. The van der Waals surface area contributed by atoms with Crippen LogP contribution in [0.1, 0.15) is 79.1 Å². The average Bonchev–Trinajstić information content (AvgIpc) is 2.45. The van der Waals surface area contributed by atoms with Crippen LogP contribution in [0, 0.1) is 5.41 Å². The third-order valence-corrected chi connectivity index (χ3v) is 4.13. The second kappa shape index (κ2) is 6.69. The third-order valence-electron chi connectivity index (χ3n) is 4.13. The molecule has 5 heteroatoms. The van der Waals surface area contributed by atoms with Crippen LogP contribution in [-0.2, 0) is 15.9 Å². The molecular formula is C18H25NO4. The molecule has 126 valence electrons. The summed E-state index contributed by atoms with van der Waals surface area (Å²) >= 11 is 0. The number of hydrogen-bond donors (Lipinski definition) is 0. The molecule has 1 aliphatic carbocycles. The number of aromatic nitrogens is 1. The van der Waals surface area contributed by atoms with Crippen LogP contribution in [0.5, 0.6) is 0 Å². The zero-order valence-electron chi connectivity index (χ0n) is 14.6. The number of carbonyl (C=O) groups is 2. The van der Waals surface area contributed by atoms with Crippen molar-refractivity contribution in [3.63, 3.8) is 0 Å². The van der Waals surface area contributed by atoms with Gasteiger partial charge in [0.1, 0.15) is 0 Å². The fourth-order valence-corrected chi connectivity index (χ4v) is 3.32. The van der Waals surface area contributed by atoms with Gasteiger partial charge in [-0.15, -0.1) is 0 Å². The highest BCUT2D eigenvalue weighted by Gasteiger charge is 2.34. The summed E-state index contributed by atoms with van der Waals surface area (Å²) in [5, 5.41) is 0. The Morgan fingerprint density at radius 1 is 1.22 bits per heavy atom. The van der Waals surface area contributed by atoms with Crippen molar-refractivity contribution < 1.29 is 19.1 Å². The van der Waals surface area contributed by atoms with E-state index in [4.69, 9.17) is 9.47 Å². The van der Waals surface area contributed by atoms with Crippen LogP contribution in [0.3, 0.4) is 0 Å². The van der Waals surface area contributed by atoms with E-state index in [0.29, 0.717) is 0 Å². The van der Waals surface area contributed by atoms with E-state index in [2.05, 4.69) is 25.8 Å². The molecule has 5 nitrogen and oxygen atoms in total. The molecule has 1 unspecified atom stereocenters. The lowest BCUT2D eigenvalue weighted by molar-refractivity contribution is 0.0472. The normalized spacial score (nSPS) is 18.9. The highest BCUT2D eigenvalue weighted by atomic mass is 16.5. The molecule has 0 saturated carbocycles. The summed E-state index contributed by atoms with van der Waals surface area (Å²) in [4.78, 5) is 28.9. The topological polar surface area (TPSA) is 65.5 Å². The molecule has 1 aromatic heterocycles. The molecular weight excluding hydrogens is 294 g/mol. The number of esters is 2. The molecule has 1 heterocycles. The van der Waals surface area contributed by atoms with Crippen LogP contribution < -0.4 is 0 Å². The van der Waals surface area contributed by atoms with Gasteiger partial charge in [0.2, 0.25) is 0 Å². The zero-order valence-corrected chi connectivity index (χ0v) is 14.6. The molecule has 0 saturated heterocycles. The number of rotatable bonds is 4. The van der Waals surface area contributed by atoms with Crippen LogP contribution in [-0.4, -0.2) is 30.1 Å². The summed E-state index contributed by atoms with van der Waals surface area (Å²) in [6, 6.07) is 1.77. The van der Waals surface area contributed by atoms with Crippen molar-refractivity contribution in [1.82, 2.24) is 4.98 Å². The van der Waals surface area contributed by atoms with E-state index < -0.39 is 11.9 Å². The summed E-state index contributed by atoms with van der Waals surface area (Å²) in [5.74, 6) is -0.817. The summed E-state index contributed by atoms with van der Waals surface area (Å²) < 4.78 is 10.1. The minimum Gasteiger partial charge on any atom is -0.462 e. The predicted octanol–water partition coefficient (Wildman–Crippen LogP) is 3.51. The standard InChI is InChI=1S/C18H25NO4/c1-6-22-16(20)13-8-12-11(3)9-18(4,5)10-14(12)19-15(13)17(21)23-7-2/h8,11H,6-7,9-10H2,1-5H3. The maximum atomic E-state index is 12.2. The quantitative estimate of drug-likeness (QED) is 0.795. The summed E-state index contributed by atoms with van der Waals surface area (Å²) in [5.41, 5.74) is 2.30. The number of carbonyl (C=O) groups excluding carboxylic acids is 2. The van der Waals surface area contributed by atoms with Gasteiger partial charge in [-0.1, -0.05) is 20.8 Å². The molecule has 0 bridgehead atoms. The minimum absolute atomic E-state index is 0.0638. The Morgan fingerprint density at radius 3 is 2.43 bits per heavy atom. The molecule has 0 aromatic carbocycles. The Bertz CT molecular complexity index is 622. The zero-order chi connectivity index (χ0) is 17.2. The minimum atomic E-state index is -0.575. The lowest BCUT2D eigenvalue weighted by Crippen LogP contribution is -2.28. The smallest absolute Gasteiger partial charge is 0.357 e. The van der Waals surface area contributed by atoms with Gasteiger partial charge in [0, 0.05) is 5.69 Å². The SMILES string of the molecule is CCOC(=O)c1cc2c(nc1C(=O)OCC)CC(C)(C)CC2C. The van der Waals surface area contributed by atoms with Gasteiger partial charge < -0.3 is 9.47 Å². The van der Waals surface area contributed by atoms with Crippen molar-refractivity contribution >= 4 is 11.9 Å². The Kier molecular flexibility index (Phi) is 5.07. The van der Waals surface area contributed by atoms with Gasteiger partial charge in [0.15, 0.2) is 5.69 Å². The van der Waals surface area contributed by atoms with Crippen molar-refractivity contribution in [2.45, 2.75) is 53.4 Å². The van der Waals surface area contributed by atoms with Crippen molar-refractivity contribution in [2.24, 2.45) is 5.41 Å². The maximum Gasteiger partial charge on any atom is 0.357 e. The first-order valence-corrected chi connectivity index (χ1v) is 8.17. The Morgan fingerprint density at radius 2 is 1.83 bits per heavy atom. The molecule has 0 spiro atoms. The highest BCUT2D eigenvalue weighted by molar-refractivity contribution is 6.02. The van der Waals surface area contributed by atoms with Crippen molar-refractivity contribution in [3.05, 3.63) is 28.6 Å². The molecule has 0 fully saturated rings. The van der Waals surface area contributed by atoms with Crippen LogP contribution in [0.15, 0.2) is 6.07 Å². The fourth-order valence-electron chi connectivity index (χ4n) is 3.32. The number of fused-ring (bicyclic) bond motifs is 1. The Hall–Kier alpha value is -1.91. The second-order valence-electron chi connectivity index (χ2n) is 6.81. The predicted molar refractivity (Wildman–Crippen MR) is 86.7 cm³/mol. The van der Waals surface area contributed by atoms with E-state index in [9.17, 15) is 9.59 Å². The molecule has 0 aliphatic heterocycles. The van der Waals surface area contributed by atoms with Crippen LogP contribution >= 0.6 is 0 Å². The first-order chi connectivity index (χ1) is 10.8. The van der Waals surface area contributed by atoms with E-state index in [1.54, 1.807) is 19.9 Å². The number of nitrogens with zero attached hydrogens (tertiary/aromatic N) is 1. The van der Waals surface area contributed by atoms with Crippen LogP contribution in [0.4, 0.5) is 0 Å². The van der Waals surface area contributed by atoms with E-state index in [0.717, 1.165) is 24.1 Å². The van der Waals surface area contributed by atoms with Gasteiger partial charge in [0.05, 0.1) is 18.8 Å². The lowest BCUT2D eigenvalue weighted by atomic mass is 9.71. The number of pyridine rings is 1. The second-order valence-corrected chi connectivity index (χ2v) is 6.81. The molecule has 1 atom stereocenters. The average molecular weight is 319 g/mol. The number of hydrogen-bond acceptors (Lipinski definition) is 5. The van der Waals surface area contributed by atoms with Gasteiger partial charge in [-0.05, 0) is 49.7 Å². The van der Waals surface area contributed by atoms with Gasteiger partial charge >= 0.3 is 11.9 Å². The molecule has 23 heavy (non-hydrogen) atoms. The van der Waals surface area contributed by atoms with Crippen molar-refractivity contribution in [1.29, 1.82) is 0 Å². The van der Waals surface area contributed by atoms with E-state index in [1.807, 2.05) is 0 Å². The molecule has 1 aromatic rings. The summed E-state index contributed by atoms with van der Waals surface area (Å²) in [6.45, 7) is 10.5. The van der Waals surface area contributed by atoms with Crippen molar-refractivity contribution in [2.75, 3.05) is 13.2 Å². The van der Waals surface area contributed by atoms with Crippen LogP contribution in [0.2, 0.25) is 0 Å². The molecule has 2 rings (SSSR count). The van der Waals surface area contributed by atoms with Gasteiger partial charge in [-0.25, -0.2) is 14.6 Å². The number of ether oxygens (including phenoxy) is 2. The Labute approximate surface area is 137 Å². The first kappa shape index (κ1) is 17.4. The van der Waals surface area contributed by atoms with E-state index in [1.165, 1.54) is 0 Å². The largest absolute Gasteiger partial charge is 0.462 e. The highest BCUT2D eigenvalue weighted by Crippen LogP contribution is 2.41. The molecule has 0 radical (unpaired) electrons. The molecule has 0 N–H and O–H groups in total. The summed E-state index contributed by atoms with van der Waals surface area (Å²) in [7, 11) is 0. The third kappa shape index (κ3) is 3.71. The van der Waals surface area contributed by atoms with Gasteiger partial charge in [-0.2, -0.15) is 0 Å². The maximum absolute atomic E-state index is 12.2. The van der Waals surface area contributed by atoms with Gasteiger partial charge in [0.25, 0.3) is 0 Å². The monoisotopic (exact) mass is 319 g/mol. The van der Waals surface area contributed by atoms with Crippen molar-refractivity contribution in [3.8, 4) is 0 Å². The van der Waals surface area contributed by atoms with Gasteiger partial charge in [-0.3, -0.25) is 0 Å². The Balaban J connectivity index is 2.55. The summed E-state index contributed by atoms with van der Waals surface area (Å²) in [6.07, 6.45) is 1.80. The van der Waals surface area contributed by atoms with E-state index >= 15 is 0 Å².